The first-order valence-corrected chi connectivity index (χ1v) is 8.80. The van der Waals surface area contributed by atoms with Gasteiger partial charge in [0.25, 0.3) is 0 Å². The molecule has 4 nitrogen and oxygen atoms in total. The van der Waals surface area contributed by atoms with Crippen LogP contribution in [0.1, 0.15) is 32.1 Å². The Morgan fingerprint density at radius 3 is 2.71 bits per heavy atom. The summed E-state index contributed by atoms with van der Waals surface area (Å²) in [5.74, 6) is 0. The van der Waals surface area contributed by atoms with Crippen LogP contribution in [0.3, 0.4) is 0 Å². The summed E-state index contributed by atoms with van der Waals surface area (Å²) < 4.78 is 1.76. The van der Waals surface area contributed by atoms with Gasteiger partial charge in [-0.15, -0.1) is 16.9 Å². The van der Waals surface area contributed by atoms with Crippen LogP contribution in [0.5, 0.6) is 0 Å². The monoisotopic (exact) mass is 302 g/mol. The van der Waals surface area contributed by atoms with Crippen molar-refractivity contribution in [1.82, 2.24) is 15.0 Å². The fourth-order valence-corrected chi connectivity index (χ4v) is 3.37. The Kier molecular flexibility index (Phi) is 4.48. The number of nitrogens with zero attached hydrogens (tertiary/aromatic N) is 3. The van der Waals surface area contributed by atoms with Gasteiger partial charge in [0.2, 0.25) is 0 Å². The molecule has 1 aliphatic carbocycles. The van der Waals surface area contributed by atoms with Gasteiger partial charge in [-0.3, -0.25) is 4.68 Å². The smallest absolute Gasteiger partial charge is 0.115 e. The van der Waals surface area contributed by atoms with Crippen molar-refractivity contribution in [3.8, 4) is 11.3 Å². The maximum Gasteiger partial charge on any atom is 0.115 e. The van der Waals surface area contributed by atoms with E-state index in [1.807, 2.05) is 13.2 Å². The first-order chi connectivity index (χ1) is 10.3. The van der Waals surface area contributed by atoms with Crippen molar-refractivity contribution in [1.29, 1.82) is 0 Å². The molecule has 1 heterocycles. The number of hydrogen-bond donors (Lipinski definition) is 1. The summed E-state index contributed by atoms with van der Waals surface area (Å²) >= 11 is 1.76. The van der Waals surface area contributed by atoms with Gasteiger partial charge in [-0.25, -0.2) is 0 Å². The number of rotatable bonds is 4. The van der Waals surface area contributed by atoms with Crippen molar-refractivity contribution in [2.75, 3.05) is 11.6 Å². The highest BCUT2D eigenvalue weighted by Gasteiger charge is 2.16. The highest BCUT2D eigenvalue weighted by Crippen LogP contribution is 2.32. The van der Waals surface area contributed by atoms with E-state index in [1.165, 1.54) is 42.7 Å². The van der Waals surface area contributed by atoms with E-state index in [0.717, 1.165) is 11.3 Å². The molecule has 0 radical (unpaired) electrons. The maximum atomic E-state index is 4.28. The number of aromatic nitrogens is 3. The first kappa shape index (κ1) is 14.4. The number of aryl methyl sites for hydroxylation is 1. The molecule has 5 heteroatoms. The van der Waals surface area contributed by atoms with E-state index >= 15 is 0 Å². The number of hydrogen-bond acceptors (Lipinski definition) is 4. The third-order valence-corrected chi connectivity index (χ3v) is 4.80. The molecule has 1 aromatic carbocycles. The van der Waals surface area contributed by atoms with Crippen LogP contribution in [0.15, 0.2) is 29.3 Å². The van der Waals surface area contributed by atoms with Gasteiger partial charge in [-0.2, -0.15) is 0 Å². The third kappa shape index (κ3) is 3.40. The SMILES string of the molecule is CSc1ccc(NC2CCCCC2)c(-c2cn(C)nn2)c1. The second-order valence-electron chi connectivity index (χ2n) is 5.67. The van der Waals surface area contributed by atoms with Crippen LogP contribution in [-0.4, -0.2) is 27.3 Å². The Balaban J connectivity index is 1.91. The summed E-state index contributed by atoms with van der Waals surface area (Å²) in [7, 11) is 1.91. The molecule has 21 heavy (non-hydrogen) atoms. The van der Waals surface area contributed by atoms with Gasteiger partial charge in [0.05, 0.1) is 6.20 Å². The van der Waals surface area contributed by atoms with Gasteiger partial charge >= 0.3 is 0 Å². The van der Waals surface area contributed by atoms with E-state index in [-0.39, 0.29) is 0 Å². The molecule has 1 aliphatic rings. The summed E-state index contributed by atoms with van der Waals surface area (Å²) in [6, 6.07) is 7.16. The topological polar surface area (TPSA) is 42.7 Å². The molecular weight excluding hydrogens is 280 g/mol. The predicted octanol–water partition coefficient (Wildman–Crippen LogP) is 3.95. The fourth-order valence-electron chi connectivity index (χ4n) is 2.93. The van der Waals surface area contributed by atoms with Crippen molar-refractivity contribution in [3.63, 3.8) is 0 Å². The summed E-state index contributed by atoms with van der Waals surface area (Å²) in [4.78, 5) is 1.25. The zero-order chi connectivity index (χ0) is 14.7. The van der Waals surface area contributed by atoms with E-state index in [0.29, 0.717) is 6.04 Å². The van der Waals surface area contributed by atoms with Crippen molar-refractivity contribution in [3.05, 3.63) is 24.4 Å². The highest BCUT2D eigenvalue weighted by molar-refractivity contribution is 7.98. The van der Waals surface area contributed by atoms with Gasteiger partial charge in [-0.05, 0) is 37.3 Å². The number of nitrogens with one attached hydrogen (secondary N) is 1. The van der Waals surface area contributed by atoms with Crippen molar-refractivity contribution in [2.24, 2.45) is 7.05 Å². The highest BCUT2D eigenvalue weighted by atomic mass is 32.2. The third-order valence-electron chi connectivity index (χ3n) is 4.07. The maximum absolute atomic E-state index is 4.28. The molecule has 0 bridgehead atoms. The van der Waals surface area contributed by atoms with Crippen LogP contribution in [-0.2, 0) is 7.05 Å². The Morgan fingerprint density at radius 1 is 1.24 bits per heavy atom. The second-order valence-corrected chi connectivity index (χ2v) is 6.55. The minimum Gasteiger partial charge on any atom is -0.382 e. The van der Waals surface area contributed by atoms with Crippen LogP contribution in [0, 0.1) is 0 Å². The minimum absolute atomic E-state index is 0.592. The average Bonchev–Trinajstić information content (AvgIpc) is 2.95. The normalized spacial score (nSPS) is 16.1. The molecule has 1 saturated carbocycles. The molecule has 1 aromatic heterocycles. The first-order valence-electron chi connectivity index (χ1n) is 7.57. The number of benzene rings is 1. The van der Waals surface area contributed by atoms with Crippen molar-refractivity contribution < 1.29 is 0 Å². The lowest BCUT2D eigenvalue weighted by Crippen LogP contribution is -2.22. The van der Waals surface area contributed by atoms with Crippen LogP contribution in [0.2, 0.25) is 0 Å². The molecule has 0 spiro atoms. The van der Waals surface area contributed by atoms with Crippen molar-refractivity contribution in [2.45, 2.75) is 43.0 Å². The minimum atomic E-state index is 0.592. The zero-order valence-corrected chi connectivity index (χ0v) is 13.5. The van der Waals surface area contributed by atoms with Gasteiger partial charge in [-0.1, -0.05) is 24.5 Å². The number of anilines is 1. The standard InChI is InChI=1S/C16H22N4S/c1-20-11-16(18-19-20)14-10-13(21-2)8-9-15(14)17-12-6-4-3-5-7-12/h8-12,17H,3-7H2,1-2H3. The zero-order valence-electron chi connectivity index (χ0n) is 12.7. The van der Waals surface area contributed by atoms with E-state index in [1.54, 1.807) is 16.4 Å². The lowest BCUT2D eigenvalue weighted by molar-refractivity contribution is 0.463. The van der Waals surface area contributed by atoms with Crippen LogP contribution < -0.4 is 5.32 Å². The van der Waals surface area contributed by atoms with Gasteiger partial charge < -0.3 is 5.32 Å². The molecular formula is C16H22N4S. The summed E-state index contributed by atoms with van der Waals surface area (Å²) in [5, 5.41) is 12.1. The van der Waals surface area contributed by atoms with Gasteiger partial charge in [0.1, 0.15) is 5.69 Å². The summed E-state index contributed by atoms with van der Waals surface area (Å²) in [5.41, 5.74) is 3.27. The molecule has 0 atom stereocenters. The van der Waals surface area contributed by atoms with Crippen LogP contribution in [0.4, 0.5) is 5.69 Å². The van der Waals surface area contributed by atoms with Gasteiger partial charge in [0, 0.05) is 29.2 Å². The lowest BCUT2D eigenvalue weighted by Gasteiger charge is -2.25. The number of thioether (sulfide) groups is 1. The molecule has 2 aromatic rings. The second kappa shape index (κ2) is 6.52. The molecule has 112 valence electrons. The Morgan fingerprint density at radius 2 is 2.05 bits per heavy atom. The molecule has 0 amide bonds. The van der Waals surface area contributed by atoms with Crippen molar-refractivity contribution >= 4 is 17.4 Å². The van der Waals surface area contributed by atoms with Crippen LogP contribution in [0.25, 0.3) is 11.3 Å². The Labute approximate surface area is 130 Å². The molecule has 0 unspecified atom stereocenters. The van der Waals surface area contributed by atoms with Crippen LogP contribution >= 0.6 is 11.8 Å². The van der Waals surface area contributed by atoms with Gasteiger partial charge in [0.15, 0.2) is 0 Å². The van der Waals surface area contributed by atoms with E-state index in [4.69, 9.17) is 0 Å². The van der Waals surface area contributed by atoms with E-state index in [9.17, 15) is 0 Å². The molecule has 0 saturated heterocycles. The Bertz CT molecular complexity index is 602. The largest absolute Gasteiger partial charge is 0.382 e. The lowest BCUT2D eigenvalue weighted by atomic mass is 9.95. The fraction of sp³-hybridized carbons (Fsp3) is 0.500. The molecule has 1 N–H and O–H groups in total. The summed E-state index contributed by atoms with van der Waals surface area (Å²) in [6.07, 6.45) is 10.7. The molecule has 3 rings (SSSR count). The predicted molar refractivity (Wildman–Crippen MR) is 88.7 cm³/mol. The molecule has 1 fully saturated rings. The Hall–Kier alpha value is -1.49. The van der Waals surface area contributed by atoms with E-state index in [2.05, 4.69) is 40.1 Å². The molecule has 0 aliphatic heterocycles. The quantitative estimate of drug-likeness (QED) is 0.868. The summed E-state index contributed by atoms with van der Waals surface area (Å²) in [6.45, 7) is 0. The average molecular weight is 302 g/mol. The van der Waals surface area contributed by atoms with E-state index < -0.39 is 0 Å².